The lowest BCUT2D eigenvalue weighted by atomic mass is 10.0. The van der Waals surface area contributed by atoms with E-state index in [0.717, 1.165) is 50.5 Å². The molecule has 3 heterocycles. The lowest BCUT2D eigenvalue weighted by Gasteiger charge is -2.34. The van der Waals surface area contributed by atoms with Gasteiger partial charge in [0, 0.05) is 51.0 Å². The zero-order valence-corrected chi connectivity index (χ0v) is 15.2. The maximum atomic E-state index is 12.5. The average Bonchev–Trinajstić information content (AvgIpc) is 3.25. The Morgan fingerprint density at radius 1 is 1.16 bits per heavy atom. The van der Waals surface area contributed by atoms with E-state index in [0.29, 0.717) is 11.8 Å². The van der Waals surface area contributed by atoms with Crippen molar-refractivity contribution in [1.29, 1.82) is 0 Å². The van der Waals surface area contributed by atoms with Crippen molar-refractivity contribution < 1.29 is 4.79 Å². The zero-order valence-electron chi connectivity index (χ0n) is 15.2. The Morgan fingerprint density at radius 2 is 1.92 bits per heavy atom. The molecule has 2 aliphatic rings. The van der Waals surface area contributed by atoms with Crippen molar-refractivity contribution in [3.63, 3.8) is 0 Å². The summed E-state index contributed by atoms with van der Waals surface area (Å²) >= 11 is 0. The molecular formula is C20H28N4O. The van der Waals surface area contributed by atoms with Gasteiger partial charge < -0.3 is 9.30 Å². The highest BCUT2D eigenvalue weighted by Crippen LogP contribution is 2.28. The fraction of sp³-hybridized carbons (Fsp3) is 0.600. The van der Waals surface area contributed by atoms with Gasteiger partial charge in [0.1, 0.15) is 5.65 Å². The first kappa shape index (κ1) is 16.6. The molecule has 2 aromatic rings. The summed E-state index contributed by atoms with van der Waals surface area (Å²) < 4.78 is 2.15. The monoisotopic (exact) mass is 340 g/mol. The van der Waals surface area contributed by atoms with Crippen molar-refractivity contribution in [1.82, 2.24) is 19.2 Å². The summed E-state index contributed by atoms with van der Waals surface area (Å²) in [6.45, 7) is 6.58. The molecule has 1 amide bonds. The highest BCUT2D eigenvalue weighted by Gasteiger charge is 2.25. The van der Waals surface area contributed by atoms with Gasteiger partial charge in [-0.05, 0) is 37.8 Å². The normalized spacial score (nSPS) is 19.8. The SMILES string of the molecule is Cc1cccc2nc(CN3CCN(C(=O)CC4CCCC4)CC3)cn12. The second-order valence-electron chi connectivity index (χ2n) is 7.64. The first-order chi connectivity index (χ1) is 12.2. The fourth-order valence-electron chi connectivity index (χ4n) is 4.25. The number of hydrogen-bond donors (Lipinski definition) is 0. The summed E-state index contributed by atoms with van der Waals surface area (Å²) in [7, 11) is 0. The molecule has 1 aliphatic heterocycles. The van der Waals surface area contributed by atoms with Crippen molar-refractivity contribution in [2.45, 2.75) is 45.6 Å². The summed E-state index contributed by atoms with van der Waals surface area (Å²) in [5.74, 6) is 1.02. The van der Waals surface area contributed by atoms with Crippen LogP contribution in [0.2, 0.25) is 0 Å². The molecule has 1 saturated heterocycles. The summed E-state index contributed by atoms with van der Waals surface area (Å²) in [5.41, 5.74) is 3.33. The van der Waals surface area contributed by atoms with Gasteiger partial charge in [-0.1, -0.05) is 18.9 Å². The van der Waals surface area contributed by atoms with Gasteiger partial charge in [0.2, 0.25) is 5.91 Å². The van der Waals surface area contributed by atoms with Crippen molar-refractivity contribution in [2.24, 2.45) is 5.92 Å². The maximum Gasteiger partial charge on any atom is 0.222 e. The van der Waals surface area contributed by atoms with E-state index in [9.17, 15) is 4.79 Å². The standard InChI is InChI=1S/C20H28N4O/c1-16-5-4-8-19-21-18(15-24(16)19)14-22-9-11-23(12-10-22)20(25)13-17-6-2-3-7-17/h4-5,8,15,17H,2-3,6-7,9-14H2,1H3. The van der Waals surface area contributed by atoms with Crippen molar-refractivity contribution >= 4 is 11.6 Å². The van der Waals surface area contributed by atoms with Crippen LogP contribution in [0.5, 0.6) is 0 Å². The van der Waals surface area contributed by atoms with Gasteiger partial charge in [0.05, 0.1) is 5.69 Å². The molecule has 25 heavy (non-hydrogen) atoms. The number of aromatic nitrogens is 2. The van der Waals surface area contributed by atoms with Gasteiger partial charge >= 0.3 is 0 Å². The van der Waals surface area contributed by atoms with E-state index in [1.165, 1.54) is 31.4 Å². The molecule has 0 aromatic carbocycles. The minimum Gasteiger partial charge on any atom is -0.340 e. The van der Waals surface area contributed by atoms with E-state index >= 15 is 0 Å². The van der Waals surface area contributed by atoms with Crippen molar-refractivity contribution in [2.75, 3.05) is 26.2 Å². The van der Waals surface area contributed by atoms with E-state index in [4.69, 9.17) is 4.98 Å². The molecule has 5 nitrogen and oxygen atoms in total. The Hall–Kier alpha value is -1.88. The maximum absolute atomic E-state index is 12.5. The Balaban J connectivity index is 1.30. The van der Waals surface area contributed by atoms with Crippen LogP contribution in [-0.2, 0) is 11.3 Å². The molecule has 0 radical (unpaired) electrons. The van der Waals surface area contributed by atoms with Gasteiger partial charge in [-0.2, -0.15) is 0 Å². The van der Waals surface area contributed by atoms with Gasteiger partial charge in [-0.25, -0.2) is 4.98 Å². The Labute approximate surface area is 149 Å². The molecule has 0 bridgehead atoms. The van der Waals surface area contributed by atoms with Crippen molar-refractivity contribution in [3.8, 4) is 0 Å². The van der Waals surface area contributed by atoms with Crippen LogP contribution in [0.25, 0.3) is 5.65 Å². The quantitative estimate of drug-likeness (QED) is 0.859. The third-order valence-electron chi connectivity index (χ3n) is 5.79. The number of hydrogen-bond acceptors (Lipinski definition) is 3. The molecule has 1 saturated carbocycles. The number of amides is 1. The molecule has 134 valence electrons. The molecule has 0 unspecified atom stereocenters. The third-order valence-corrected chi connectivity index (χ3v) is 5.79. The molecule has 2 aromatic heterocycles. The van der Waals surface area contributed by atoms with Crippen LogP contribution < -0.4 is 0 Å². The Morgan fingerprint density at radius 3 is 2.64 bits per heavy atom. The van der Waals surface area contributed by atoms with E-state index in [2.05, 4.69) is 45.5 Å². The highest BCUT2D eigenvalue weighted by molar-refractivity contribution is 5.76. The zero-order chi connectivity index (χ0) is 17.2. The van der Waals surface area contributed by atoms with Gasteiger partial charge in [0.15, 0.2) is 0 Å². The number of carbonyl (C=O) groups is 1. The molecule has 0 N–H and O–H groups in total. The topological polar surface area (TPSA) is 40.9 Å². The van der Waals surface area contributed by atoms with E-state index in [1.54, 1.807) is 0 Å². The van der Waals surface area contributed by atoms with Crippen molar-refractivity contribution in [3.05, 3.63) is 35.8 Å². The van der Waals surface area contributed by atoms with Gasteiger partial charge in [-0.15, -0.1) is 0 Å². The number of piperazine rings is 1. The lowest BCUT2D eigenvalue weighted by molar-refractivity contribution is -0.134. The second kappa shape index (κ2) is 7.16. The summed E-state index contributed by atoms with van der Waals surface area (Å²) in [5, 5.41) is 0. The van der Waals surface area contributed by atoms with Crippen LogP contribution in [0.15, 0.2) is 24.4 Å². The smallest absolute Gasteiger partial charge is 0.222 e. The number of pyridine rings is 1. The minimum atomic E-state index is 0.370. The number of fused-ring (bicyclic) bond motifs is 1. The first-order valence-corrected chi connectivity index (χ1v) is 9.63. The predicted octanol–water partition coefficient (Wildman–Crippen LogP) is 2.87. The largest absolute Gasteiger partial charge is 0.340 e. The van der Waals surface area contributed by atoms with Gasteiger partial charge in [0.25, 0.3) is 0 Å². The minimum absolute atomic E-state index is 0.370. The summed E-state index contributed by atoms with van der Waals surface area (Å²) in [4.78, 5) is 21.7. The Bertz CT molecular complexity index is 739. The average molecular weight is 340 g/mol. The van der Waals surface area contributed by atoms with E-state index in [1.807, 2.05) is 0 Å². The van der Waals surface area contributed by atoms with Crippen LogP contribution >= 0.6 is 0 Å². The first-order valence-electron chi connectivity index (χ1n) is 9.63. The number of nitrogens with zero attached hydrogens (tertiary/aromatic N) is 4. The predicted molar refractivity (Wildman–Crippen MR) is 98.4 cm³/mol. The third kappa shape index (κ3) is 3.71. The molecule has 0 atom stereocenters. The van der Waals surface area contributed by atoms with E-state index < -0.39 is 0 Å². The molecular weight excluding hydrogens is 312 g/mol. The number of aryl methyl sites for hydroxylation is 1. The molecule has 2 fully saturated rings. The molecule has 4 rings (SSSR count). The number of rotatable bonds is 4. The highest BCUT2D eigenvalue weighted by atomic mass is 16.2. The number of imidazole rings is 1. The second-order valence-corrected chi connectivity index (χ2v) is 7.64. The molecule has 5 heteroatoms. The Kier molecular flexibility index (Phi) is 4.75. The lowest BCUT2D eigenvalue weighted by Crippen LogP contribution is -2.48. The fourth-order valence-corrected chi connectivity index (χ4v) is 4.25. The van der Waals surface area contributed by atoms with Crippen LogP contribution in [0.3, 0.4) is 0 Å². The summed E-state index contributed by atoms with van der Waals surface area (Å²) in [6.07, 6.45) is 8.03. The van der Waals surface area contributed by atoms with E-state index in [-0.39, 0.29) is 0 Å². The summed E-state index contributed by atoms with van der Waals surface area (Å²) in [6, 6.07) is 6.21. The van der Waals surface area contributed by atoms with Crippen LogP contribution in [0, 0.1) is 12.8 Å². The number of carbonyl (C=O) groups excluding carboxylic acids is 1. The van der Waals surface area contributed by atoms with Gasteiger partial charge in [-0.3, -0.25) is 9.69 Å². The van der Waals surface area contributed by atoms with Crippen LogP contribution in [-0.4, -0.2) is 51.3 Å². The van der Waals surface area contributed by atoms with Crippen LogP contribution in [0.1, 0.15) is 43.5 Å². The van der Waals surface area contributed by atoms with Crippen LogP contribution in [0.4, 0.5) is 0 Å². The molecule has 0 spiro atoms. The molecule has 1 aliphatic carbocycles.